The number of aromatic nitrogens is 2. The molecule has 0 aliphatic rings. The van der Waals surface area contributed by atoms with Crippen LogP contribution in [-0.2, 0) is 11.3 Å². The molecule has 16 heavy (non-hydrogen) atoms. The predicted octanol–water partition coefficient (Wildman–Crippen LogP) is 1.23. The Balaban J connectivity index is 2.28. The van der Waals surface area contributed by atoms with E-state index in [0.29, 0.717) is 13.0 Å². The quantitative estimate of drug-likeness (QED) is 0.764. The second-order valence-corrected chi connectivity index (χ2v) is 3.94. The highest BCUT2D eigenvalue weighted by Gasteiger charge is 2.04. The van der Waals surface area contributed by atoms with E-state index in [0.717, 1.165) is 12.5 Å². The van der Waals surface area contributed by atoms with Crippen LogP contribution in [0.2, 0.25) is 0 Å². The fraction of sp³-hybridized carbons (Fsp3) is 0.636. The summed E-state index contributed by atoms with van der Waals surface area (Å²) < 4.78 is 2.00. The van der Waals surface area contributed by atoms with Gasteiger partial charge in [0.2, 0.25) is 11.9 Å². The van der Waals surface area contributed by atoms with Crippen LogP contribution >= 0.6 is 0 Å². The molecule has 0 aromatic carbocycles. The molecule has 0 aliphatic heterocycles. The van der Waals surface area contributed by atoms with E-state index >= 15 is 0 Å². The first-order valence-corrected chi connectivity index (χ1v) is 5.67. The molecule has 1 amide bonds. The summed E-state index contributed by atoms with van der Waals surface area (Å²) in [6.07, 6.45) is 4.13. The van der Waals surface area contributed by atoms with Crippen LogP contribution in [0.15, 0.2) is 12.4 Å². The predicted molar refractivity (Wildman–Crippen MR) is 64.3 cm³/mol. The van der Waals surface area contributed by atoms with Gasteiger partial charge in [0.15, 0.2) is 0 Å². The van der Waals surface area contributed by atoms with E-state index in [4.69, 9.17) is 0 Å². The van der Waals surface area contributed by atoms with E-state index in [1.54, 1.807) is 6.20 Å². The highest BCUT2D eigenvalue weighted by Crippen LogP contribution is 2.03. The second-order valence-electron chi connectivity index (χ2n) is 3.94. The smallest absolute Gasteiger partial charge is 0.221 e. The van der Waals surface area contributed by atoms with Crippen molar-refractivity contribution in [2.45, 2.75) is 39.8 Å². The van der Waals surface area contributed by atoms with Crippen molar-refractivity contribution in [3.8, 4) is 0 Å². The lowest BCUT2D eigenvalue weighted by molar-refractivity contribution is -0.121. The summed E-state index contributed by atoms with van der Waals surface area (Å²) >= 11 is 0. The van der Waals surface area contributed by atoms with Gasteiger partial charge < -0.3 is 15.2 Å². The Labute approximate surface area is 96.3 Å². The molecule has 0 saturated carbocycles. The number of aryl methyl sites for hydroxylation is 1. The zero-order chi connectivity index (χ0) is 12.0. The summed E-state index contributed by atoms with van der Waals surface area (Å²) in [5.41, 5.74) is 0. The Morgan fingerprint density at radius 2 is 2.31 bits per heavy atom. The average Bonchev–Trinajstić information content (AvgIpc) is 2.64. The van der Waals surface area contributed by atoms with Gasteiger partial charge in [-0.1, -0.05) is 0 Å². The van der Waals surface area contributed by atoms with Crippen LogP contribution in [0.4, 0.5) is 5.95 Å². The van der Waals surface area contributed by atoms with Gasteiger partial charge in [-0.05, 0) is 20.8 Å². The molecule has 1 rings (SSSR count). The summed E-state index contributed by atoms with van der Waals surface area (Å²) in [5.74, 6) is 0.886. The van der Waals surface area contributed by atoms with Gasteiger partial charge in [0.1, 0.15) is 0 Å². The molecule has 1 aromatic rings. The lowest BCUT2D eigenvalue weighted by atomic mass is 10.3. The monoisotopic (exact) mass is 224 g/mol. The van der Waals surface area contributed by atoms with Crippen LogP contribution in [0, 0.1) is 0 Å². The Bertz CT molecular complexity index is 332. The number of amides is 1. The second kappa shape index (κ2) is 6.15. The van der Waals surface area contributed by atoms with Crippen molar-refractivity contribution < 1.29 is 4.79 Å². The van der Waals surface area contributed by atoms with Crippen molar-refractivity contribution in [1.29, 1.82) is 0 Å². The Morgan fingerprint density at radius 3 is 2.94 bits per heavy atom. The first-order chi connectivity index (χ1) is 7.63. The maximum Gasteiger partial charge on any atom is 0.221 e. The highest BCUT2D eigenvalue weighted by atomic mass is 16.1. The fourth-order valence-corrected chi connectivity index (χ4v) is 1.41. The molecule has 2 N–H and O–H groups in total. The van der Waals surface area contributed by atoms with Gasteiger partial charge in [-0.25, -0.2) is 4.98 Å². The van der Waals surface area contributed by atoms with E-state index in [1.807, 2.05) is 24.6 Å². The third kappa shape index (κ3) is 3.92. The third-order valence-electron chi connectivity index (χ3n) is 2.14. The molecule has 1 heterocycles. The molecule has 5 heteroatoms. The molecule has 0 unspecified atom stereocenters. The molecular weight excluding hydrogens is 204 g/mol. The number of nitrogens with one attached hydrogen (secondary N) is 2. The number of carbonyl (C=O) groups is 1. The van der Waals surface area contributed by atoms with Crippen LogP contribution in [0.1, 0.15) is 27.2 Å². The maximum atomic E-state index is 11.4. The summed E-state index contributed by atoms with van der Waals surface area (Å²) in [7, 11) is 0. The number of hydrogen-bond acceptors (Lipinski definition) is 3. The van der Waals surface area contributed by atoms with Gasteiger partial charge in [0.05, 0.1) is 0 Å². The standard InChI is InChI=1S/C11H20N4O/c1-4-15-8-7-13-11(15)12-6-5-10(16)14-9(2)3/h7-9H,4-6H2,1-3H3,(H,12,13)(H,14,16). The summed E-state index contributed by atoms with van der Waals surface area (Å²) in [4.78, 5) is 15.5. The first kappa shape index (κ1) is 12.5. The third-order valence-corrected chi connectivity index (χ3v) is 2.14. The minimum absolute atomic E-state index is 0.0668. The van der Waals surface area contributed by atoms with Crippen molar-refractivity contribution in [2.75, 3.05) is 11.9 Å². The Kier molecular flexibility index (Phi) is 4.82. The molecule has 0 spiro atoms. The molecule has 5 nitrogen and oxygen atoms in total. The Morgan fingerprint density at radius 1 is 1.56 bits per heavy atom. The van der Waals surface area contributed by atoms with Gasteiger partial charge in [-0.3, -0.25) is 4.79 Å². The van der Waals surface area contributed by atoms with Crippen LogP contribution in [0.3, 0.4) is 0 Å². The van der Waals surface area contributed by atoms with Crippen molar-refractivity contribution in [3.63, 3.8) is 0 Å². The minimum Gasteiger partial charge on any atom is -0.355 e. The molecule has 90 valence electrons. The van der Waals surface area contributed by atoms with Crippen molar-refractivity contribution in [3.05, 3.63) is 12.4 Å². The summed E-state index contributed by atoms with van der Waals surface area (Å²) in [6, 6.07) is 0.199. The van der Waals surface area contributed by atoms with E-state index in [2.05, 4.69) is 22.5 Å². The van der Waals surface area contributed by atoms with E-state index in [9.17, 15) is 4.79 Å². The number of rotatable bonds is 6. The molecule has 0 fully saturated rings. The number of hydrogen-bond donors (Lipinski definition) is 2. The number of anilines is 1. The normalized spacial score (nSPS) is 10.5. The van der Waals surface area contributed by atoms with Gasteiger partial charge >= 0.3 is 0 Å². The molecule has 1 aromatic heterocycles. The highest BCUT2D eigenvalue weighted by molar-refractivity contribution is 5.76. The number of nitrogens with zero attached hydrogens (tertiary/aromatic N) is 2. The van der Waals surface area contributed by atoms with Crippen molar-refractivity contribution in [2.24, 2.45) is 0 Å². The lowest BCUT2D eigenvalue weighted by Crippen LogP contribution is -2.31. The summed E-state index contributed by atoms with van der Waals surface area (Å²) in [6.45, 7) is 7.44. The van der Waals surface area contributed by atoms with Crippen LogP contribution in [-0.4, -0.2) is 28.0 Å². The zero-order valence-corrected chi connectivity index (χ0v) is 10.2. The fourth-order valence-electron chi connectivity index (χ4n) is 1.41. The lowest BCUT2D eigenvalue weighted by Gasteiger charge is -2.09. The van der Waals surface area contributed by atoms with Gasteiger partial charge in [0, 0.05) is 37.9 Å². The van der Waals surface area contributed by atoms with Gasteiger partial charge in [0.25, 0.3) is 0 Å². The summed E-state index contributed by atoms with van der Waals surface area (Å²) in [5, 5.41) is 5.98. The average molecular weight is 224 g/mol. The van der Waals surface area contributed by atoms with E-state index < -0.39 is 0 Å². The largest absolute Gasteiger partial charge is 0.355 e. The minimum atomic E-state index is 0.0668. The van der Waals surface area contributed by atoms with E-state index in [1.165, 1.54) is 0 Å². The van der Waals surface area contributed by atoms with Crippen LogP contribution in [0.5, 0.6) is 0 Å². The van der Waals surface area contributed by atoms with Gasteiger partial charge in [-0.15, -0.1) is 0 Å². The van der Waals surface area contributed by atoms with E-state index in [-0.39, 0.29) is 11.9 Å². The van der Waals surface area contributed by atoms with Crippen LogP contribution < -0.4 is 10.6 Å². The number of carbonyl (C=O) groups excluding carboxylic acids is 1. The van der Waals surface area contributed by atoms with Crippen molar-refractivity contribution >= 4 is 11.9 Å². The van der Waals surface area contributed by atoms with Crippen molar-refractivity contribution in [1.82, 2.24) is 14.9 Å². The Hall–Kier alpha value is -1.52. The first-order valence-electron chi connectivity index (χ1n) is 5.67. The molecule has 0 atom stereocenters. The number of imidazole rings is 1. The molecule has 0 radical (unpaired) electrons. The van der Waals surface area contributed by atoms with Crippen LogP contribution in [0.25, 0.3) is 0 Å². The SMILES string of the molecule is CCn1ccnc1NCCC(=O)NC(C)C. The molecule has 0 aliphatic carbocycles. The topological polar surface area (TPSA) is 59.0 Å². The molecule has 0 saturated heterocycles. The molecular formula is C11H20N4O. The van der Waals surface area contributed by atoms with Gasteiger partial charge in [-0.2, -0.15) is 0 Å². The maximum absolute atomic E-state index is 11.4. The molecule has 0 bridgehead atoms. The zero-order valence-electron chi connectivity index (χ0n) is 10.2.